The van der Waals surface area contributed by atoms with E-state index in [-0.39, 0.29) is 11.4 Å². The Kier molecular flexibility index (Phi) is 3.12. The Morgan fingerprint density at radius 3 is 2.77 bits per heavy atom. The maximum Gasteiger partial charge on any atom is 0.187 e. The van der Waals surface area contributed by atoms with Gasteiger partial charge in [-0.3, -0.25) is 0 Å². The smallest absolute Gasteiger partial charge is 0.187 e. The summed E-state index contributed by atoms with van der Waals surface area (Å²) in [5.41, 5.74) is 5.50. The third-order valence-corrected chi connectivity index (χ3v) is 1.57. The van der Waals surface area contributed by atoms with Crippen LogP contribution in [0, 0.1) is 11.7 Å². The quantitative estimate of drug-likeness (QED) is 0.730. The predicted molar refractivity (Wildman–Crippen MR) is 51.1 cm³/mol. The number of anilines is 1. The van der Waals surface area contributed by atoms with Crippen LogP contribution in [-0.2, 0) is 0 Å². The third kappa shape index (κ3) is 2.61. The molecule has 1 aromatic carbocycles. The van der Waals surface area contributed by atoms with Gasteiger partial charge in [0.2, 0.25) is 0 Å². The number of rotatable bonds is 3. The van der Waals surface area contributed by atoms with Crippen molar-refractivity contribution in [1.29, 1.82) is 0 Å². The summed E-state index contributed by atoms with van der Waals surface area (Å²) in [4.78, 5) is 0. The van der Waals surface area contributed by atoms with E-state index in [0.717, 1.165) is 0 Å². The molecule has 0 unspecified atom stereocenters. The van der Waals surface area contributed by atoms with Gasteiger partial charge in [-0.15, -0.1) is 0 Å². The minimum Gasteiger partial charge on any atom is -0.490 e. The van der Waals surface area contributed by atoms with Crippen LogP contribution in [0.3, 0.4) is 0 Å². The molecular formula is C10H14FNO. The molecule has 0 atom stereocenters. The standard InChI is InChI=1S/C10H14FNO/c1-7(2)6-13-9-5-3-4-8(12)10(9)11/h3-5,7H,6,12H2,1-2H3. The lowest BCUT2D eigenvalue weighted by Gasteiger charge is -2.09. The van der Waals surface area contributed by atoms with E-state index < -0.39 is 5.82 Å². The Morgan fingerprint density at radius 2 is 2.15 bits per heavy atom. The number of hydrogen-bond acceptors (Lipinski definition) is 2. The molecule has 0 saturated carbocycles. The van der Waals surface area contributed by atoms with Gasteiger partial charge in [-0.2, -0.15) is 0 Å². The largest absolute Gasteiger partial charge is 0.490 e. The van der Waals surface area contributed by atoms with E-state index in [1.807, 2.05) is 13.8 Å². The Balaban J connectivity index is 2.71. The maximum absolute atomic E-state index is 13.2. The van der Waals surface area contributed by atoms with E-state index >= 15 is 0 Å². The zero-order chi connectivity index (χ0) is 9.84. The summed E-state index contributed by atoms with van der Waals surface area (Å²) >= 11 is 0. The summed E-state index contributed by atoms with van der Waals surface area (Å²) in [6.07, 6.45) is 0. The van der Waals surface area contributed by atoms with Crippen molar-refractivity contribution in [1.82, 2.24) is 0 Å². The number of hydrogen-bond donors (Lipinski definition) is 1. The van der Waals surface area contributed by atoms with Crippen molar-refractivity contribution in [3.8, 4) is 5.75 Å². The summed E-state index contributed by atoms with van der Waals surface area (Å²) in [5, 5.41) is 0. The van der Waals surface area contributed by atoms with E-state index in [2.05, 4.69) is 0 Å². The Hall–Kier alpha value is -1.25. The zero-order valence-electron chi connectivity index (χ0n) is 7.88. The predicted octanol–water partition coefficient (Wildman–Crippen LogP) is 2.44. The molecule has 13 heavy (non-hydrogen) atoms. The average Bonchev–Trinajstić information content (AvgIpc) is 2.07. The lowest BCUT2D eigenvalue weighted by atomic mass is 10.2. The first-order chi connectivity index (χ1) is 6.11. The van der Waals surface area contributed by atoms with Crippen LogP contribution in [0.25, 0.3) is 0 Å². The molecule has 2 nitrogen and oxygen atoms in total. The zero-order valence-corrected chi connectivity index (χ0v) is 7.88. The molecule has 72 valence electrons. The monoisotopic (exact) mass is 183 g/mol. The summed E-state index contributed by atoms with van der Waals surface area (Å²) in [7, 11) is 0. The molecule has 0 amide bonds. The first-order valence-electron chi connectivity index (χ1n) is 4.28. The SMILES string of the molecule is CC(C)COc1cccc(N)c1F. The van der Waals surface area contributed by atoms with Gasteiger partial charge in [0.15, 0.2) is 11.6 Å². The van der Waals surface area contributed by atoms with Crippen molar-refractivity contribution in [3.05, 3.63) is 24.0 Å². The van der Waals surface area contributed by atoms with Gasteiger partial charge in [0.25, 0.3) is 0 Å². The van der Waals surface area contributed by atoms with Crippen LogP contribution in [0.5, 0.6) is 5.75 Å². The highest BCUT2D eigenvalue weighted by molar-refractivity contribution is 5.45. The van der Waals surface area contributed by atoms with Gasteiger partial charge in [0, 0.05) is 0 Å². The molecule has 0 saturated heterocycles. The minimum absolute atomic E-state index is 0.126. The van der Waals surface area contributed by atoms with E-state index in [1.165, 1.54) is 6.07 Å². The Bertz CT molecular complexity index is 286. The molecule has 0 fully saturated rings. The molecule has 0 bridgehead atoms. The third-order valence-electron chi connectivity index (χ3n) is 1.57. The highest BCUT2D eigenvalue weighted by atomic mass is 19.1. The second-order valence-electron chi connectivity index (χ2n) is 3.36. The molecule has 3 heteroatoms. The van der Waals surface area contributed by atoms with E-state index in [0.29, 0.717) is 12.5 Å². The van der Waals surface area contributed by atoms with E-state index in [4.69, 9.17) is 10.5 Å². The second-order valence-corrected chi connectivity index (χ2v) is 3.36. The first-order valence-corrected chi connectivity index (χ1v) is 4.28. The molecule has 0 aliphatic carbocycles. The summed E-state index contributed by atoms with van der Waals surface area (Å²) in [6, 6.07) is 4.76. The molecule has 0 aliphatic heterocycles. The molecular weight excluding hydrogens is 169 g/mol. The van der Waals surface area contributed by atoms with Crippen molar-refractivity contribution in [2.45, 2.75) is 13.8 Å². The van der Waals surface area contributed by atoms with Gasteiger partial charge in [0.1, 0.15) is 0 Å². The molecule has 0 spiro atoms. The maximum atomic E-state index is 13.2. The number of halogens is 1. The van der Waals surface area contributed by atoms with Gasteiger partial charge in [-0.25, -0.2) is 4.39 Å². The van der Waals surface area contributed by atoms with Gasteiger partial charge in [0.05, 0.1) is 12.3 Å². The first kappa shape index (κ1) is 9.84. The van der Waals surface area contributed by atoms with Crippen LogP contribution in [0.2, 0.25) is 0 Å². The van der Waals surface area contributed by atoms with Crippen molar-refractivity contribution in [2.24, 2.45) is 5.92 Å². The molecule has 1 rings (SSSR count). The van der Waals surface area contributed by atoms with Crippen LogP contribution in [-0.4, -0.2) is 6.61 Å². The normalized spacial score (nSPS) is 10.5. The minimum atomic E-state index is -0.469. The highest BCUT2D eigenvalue weighted by Gasteiger charge is 2.06. The van der Waals surface area contributed by atoms with Crippen LogP contribution in [0.1, 0.15) is 13.8 Å². The van der Waals surface area contributed by atoms with Crippen molar-refractivity contribution >= 4 is 5.69 Å². The molecule has 0 aromatic heterocycles. The fourth-order valence-corrected chi connectivity index (χ4v) is 0.896. The number of ether oxygens (including phenoxy) is 1. The fourth-order valence-electron chi connectivity index (χ4n) is 0.896. The van der Waals surface area contributed by atoms with Crippen LogP contribution >= 0.6 is 0 Å². The van der Waals surface area contributed by atoms with Crippen molar-refractivity contribution < 1.29 is 9.13 Å². The van der Waals surface area contributed by atoms with E-state index in [1.54, 1.807) is 12.1 Å². The molecule has 2 N–H and O–H groups in total. The fraction of sp³-hybridized carbons (Fsp3) is 0.400. The number of benzene rings is 1. The molecule has 0 heterocycles. The van der Waals surface area contributed by atoms with Crippen LogP contribution in [0.4, 0.5) is 10.1 Å². The van der Waals surface area contributed by atoms with Crippen LogP contribution < -0.4 is 10.5 Å². The molecule has 0 radical (unpaired) electrons. The number of nitrogens with two attached hydrogens (primary N) is 1. The topological polar surface area (TPSA) is 35.2 Å². The van der Waals surface area contributed by atoms with Crippen molar-refractivity contribution in [3.63, 3.8) is 0 Å². The Morgan fingerprint density at radius 1 is 1.46 bits per heavy atom. The Labute approximate surface area is 77.5 Å². The second kappa shape index (κ2) is 4.12. The molecule has 1 aromatic rings. The van der Waals surface area contributed by atoms with Gasteiger partial charge < -0.3 is 10.5 Å². The summed E-state index contributed by atoms with van der Waals surface area (Å²) < 4.78 is 18.4. The van der Waals surface area contributed by atoms with Gasteiger partial charge >= 0.3 is 0 Å². The molecule has 0 aliphatic rings. The number of nitrogen functional groups attached to an aromatic ring is 1. The lowest BCUT2D eigenvalue weighted by molar-refractivity contribution is 0.260. The van der Waals surface area contributed by atoms with Gasteiger partial charge in [-0.1, -0.05) is 19.9 Å². The lowest BCUT2D eigenvalue weighted by Crippen LogP contribution is -2.06. The summed E-state index contributed by atoms with van der Waals surface area (Å²) in [5.74, 6) is 0.137. The summed E-state index contributed by atoms with van der Waals surface area (Å²) in [6.45, 7) is 4.51. The van der Waals surface area contributed by atoms with Crippen molar-refractivity contribution in [2.75, 3.05) is 12.3 Å². The average molecular weight is 183 g/mol. The highest BCUT2D eigenvalue weighted by Crippen LogP contribution is 2.22. The van der Waals surface area contributed by atoms with E-state index in [9.17, 15) is 4.39 Å². The van der Waals surface area contributed by atoms with Gasteiger partial charge in [-0.05, 0) is 18.1 Å². The van der Waals surface area contributed by atoms with Crippen LogP contribution in [0.15, 0.2) is 18.2 Å².